The van der Waals surface area contributed by atoms with Crippen LogP contribution in [0.4, 0.5) is 0 Å². The van der Waals surface area contributed by atoms with Gasteiger partial charge in [-0.2, -0.15) is 9.57 Å². The lowest BCUT2D eigenvalue weighted by molar-refractivity contribution is -0.153. The standard InChI is InChI=1S/C12H11ClN2O5S/c13-10-5-9(2-1-8(10)6-14)21(18,19)15-3-4-20-11(7-15)12(16)17/h1-2,5,11H,3-4,7H2,(H,16,17). The molecule has 0 bridgehead atoms. The van der Waals surface area contributed by atoms with E-state index in [0.717, 1.165) is 4.31 Å². The van der Waals surface area contributed by atoms with Crippen LogP contribution in [0.25, 0.3) is 0 Å². The fourth-order valence-electron chi connectivity index (χ4n) is 1.89. The largest absolute Gasteiger partial charge is 0.479 e. The third-order valence-electron chi connectivity index (χ3n) is 3.00. The number of carboxylic acid groups (broad SMARTS) is 1. The van der Waals surface area contributed by atoms with Crippen molar-refractivity contribution in [1.29, 1.82) is 5.26 Å². The van der Waals surface area contributed by atoms with E-state index in [4.69, 9.17) is 26.7 Å². The lowest BCUT2D eigenvalue weighted by atomic mass is 10.2. The Morgan fingerprint density at radius 3 is 2.81 bits per heavy atom. The molecule has 1 saturated heterocycles. The maximum absolute atomic E-state index is 12.4. The number of carboxylic acids is 1. The van der Waals surface area contributed by atoms with Gasteiger partial charge in [-0.3, -0.25) is 0 Å². The molecular weight excluding hydrogens is 320 g/mol. The second kappa shape index (κ2) is 5.99. The molecule has 0 saturated carbocycles. The minimum atomic E-state index is -3.88. The second-order valence-corrected chi connectivity index (χ2v) is 6.66. The highest BCUT2D eigenvalue weighted by atomic mass is 35.5. The number of hydrogen-bond acceptors (Lipinski definition) is 5. The molecule has 1 heterocycles. The molecule has 1 aliphatic heterocycles. The van der Waals surface area contributed by atoms with Crippen LogP contribution in [-0.4, -0.2) is 49.6 Å². The van der Waals surface area contributed by atoms with E-state index in [9.17, 15) is 13.2 Å². The molecule has 1 unspecified atom stereocenters. The summed E-state index contributed by atoms with van der Waals surface area (Å²) in [7, 11) is -3.88. The van der Waals surface area contributed by atoms with E-state index < -0.39 is 22.1 Å². The maximum atomic E-state index is 12.4. The van der Waals surface area contributed by atoms with E-state index in [1.165, 1.54) is 18.2 Å². The summed E-state index contributed by atoms with van der Waals surface area (Å²) in [6, 6.07) is 5.60. The molecule has 2 rings (SSSR count). The Balaban J connectivity index is 2.32. The number of halogens is 1. The van der Waals surface area contributed by atoms with Crippen molar-refractivity contribution in [3.05, 3.63) is 28.8 Å². The van der Waals surface area contributed by atoms with Gasteiger partial charge in [0.25, 0.3) is 0 Å². The van der Waals surface area contributed by atoms with Gasteiger partial charge in [-0.05, 0) is 18.2 Å². The smallest absolute Gasteiger partial charge is 0.334 e. The summed E-state index contributed by atoms with van der Waals surface area (Å²) in [6.45, 7) is -0.209. The van der Waals surface area contributed by atoms with Crippen LogP contribution in [0.3, 0.4) is 0 Å². The number of benzene rings is 1. The fraction of sp³-hybridized carbons (Fsp3) is 0.333. The lowest BCUT2D eigenvalue weighted by Gasteiger charge is -2.30. The van der Waals surface area contributed by atoms with Crippen LogP contribution in [0, 0.1) is 11.3 Å². The topological polar surface area (TPSA) is 108 Å². The van der Waals surface area contributed by atoms with Crippen LogP contribution in [0.2, 0.25) is 5.02 Å². The molecular formula is C12H11ClN2O5S. The number of morpholine rings is 1. The van der Waals surface area contributed by atoms with E-state index in [2.05, 4.69) is 0 Å². The molecule has 0 amide bonds. The SMILES string of the molecule is N#Cc1ccc(S(=O)(=O)N2CCOC(C(=O)O)C2)cc1Cl. The van der Waals surface area contributed by atoms with Crippen molar-refractivity contribution in [3.8, 4) is 6.07 Å². The fourth-order valence-corrected chi connectivity index (χ4v) is 3.63. The summed E-state index contributed by atoms with van der Waals surface area (Å²) < 4.78 is 30.9. The number of nitrogens with zero attached hydrogens (tertiary/aromatic N) is 2. The minimum Gasteiger partial charge on any atom is -0.479 e. The molecule has 0 aliphatic carbocycles. The third kappa shape index (κ3) is 3.16. The Hall–Kier alpha value is -1.66. The van der Waals surface area contributed by atoms with Crippen molar-refractivity contribution in [2.45, 2.75) is 11.0 Å². The van der Waals surface area contributed by atoms with Gasteiger partial charge in [-0.25, -0.2) is 13.2 Å². The number of sulfonamides is 1. The van der Waals surface area contributed by atoms with Crippen LogP contribution in [0.15, 0.2) is 23.1 Å². The van der Waals surface area contributed by atoms with Crippen molar-refractivity contribution in [1.82, 2.24) is 4.31 Å². The van der Waals surface area contributed by atoms with E-state index in [1.54, 1.807) is 0 Å². The summed E-state index contributed by atoms with van der Waals surface area (Å²) in [5.74, 6) is -1.22. The summed E-state index contributed by atoms with van der Waals surface area (Å²) >= 11 is 5.83. The molecule has 1 atom stereocenters. The van der Waals surface area contributed by atoms with Crippen molar-refractivity contribution in [2.75, 3.05) is 19.7 Å². The van der Waals surface area contributed by atoms with Crippen molar-refractivity contribution in [2.24, 2.45) is 0 Å². The van der Waals surface area contributed by atoms with Crippen LogP contribution >= 0.6 is 11.6 Å². The summed E-state index contributed by atoms with van der Waals surface area (Å²) in [5.41, 5.74) is 0.168. The molecule has 1 fully saturated rings. The molecule has 7 nitrogen and oxygen atoms in total. The normalized spacial score (nSPS) is 19.9. The van der Waals surface area contributed by atoms with Gasteiger partial charge in [0.2, 0.25) is 10.0 Å². The van der Waals surface area contributed by atoms with Crippen molar-refractivity contribution >= 4 is 27.6 Å². The van der Waals surface area contributed by atoms with Gasteiger partial charge in [0.1, 0.15) is 6.07 Å². The molecule has 9 heteroatoms. The first-order valence-corrected chi connectivity index (χ1v) is 7.72. The zero-order chi connectivity index (χ0) is 15.6. The predicted octanol–water partition coefficient (Wildman–Crippen LogP) is 0.686. The van der Waals surface area contributed by atoms with Gasteiger partial charge < -0.3 is 9.84 Å². The Kier molecular flexibility index (Phi) is 4.49. The summed E-state index contributed by atoms with van der Waals surface area (Å²) in [5, 5.41) is 17.7. The monoisotopic (exact) mass is 330 g/mol. The van der Waals surface area contributed by atoms with Crippen LogP contribution in [-0.2, 0) is 19.6 Å². The number of ether oxygens (including phenoxy) is 1. The van der Waals surface area contributed by atoms with E-state index in [1.807, 2.05) is 6.07 Å². The second-order valence-electron chi connectivity index (χ2n) is 4.31. The van der Waals surface area contributed by atoms with Crippen molar-refractivity contribution in [3.63, 3.8) is 0 Å². The number of rotatable bonds is 3. The molecule has 21 heavy (non-hydrogen) atoms. The predicted molar refractivity (Wildman–Crippen MR) is 72.3 cm³/mol. The van der Waals surface area contributed by atoms with E-state index >= 15 is 0 Å². The Labute approximate surface area is 126 Å². The average molecular weight is 331 g/mol. The first-order valence-electron chi connectivity index (χ1n) is 5.90. The highest BCUT2D eigenvalue weighted by Gasteiger charge is 2.34. The van der Waals surface area contributed by atoms with Crippen LogP contribution in [0.1, 0.15) is 5.56 Å². The highest BCUT2D eigenvalue weighted by Crippen LogP contribution is 2.24. The van der Waals surface area contributed by atoms with Gasteiger partial charge >= 0.3 is 5.97 Å². The Bertz CT molecular complexity index is 713. The first kappa shape index (κ1) is 15.7. The van der Waals surface area contributed by atoms with Gasteiger partial charge in [-0.15, -0.1) is 0 Å². The van der Waals surface area contributed by atoms with E-state index in [0.29, 0.717) is 0 Å². The van der Waals surface area contributed by atoms with Crippen molar-refractivity contribution < 1.29 is 23.1 Å². The lowest BCUT2D eigenvalue weighted by Crippen LogP contribution is -2.48. The molecule has 0 radical (unpaired) electrons. The maximum Gasteiger partial charge on any atom is 0.334 e. The third-order valence-corrected chi connectivity index (χ3v) is 5.18. The van der Waals surface area contributed by atoms with Gasteiger partial charge in [0.15, 0.2) is 6.10 Å². The zero-order valence-electron chi connectivity index (χ0n) is 10.7. The number of hydrogen-bond donors (Lipinski definition) is 1. The number of carbonyl (C=O) groups is 1. The molecule has 1 aliphatic rings. The molecule has 1 N–H and O–H groups in total. The van der Waals surface area contributed by atoms with E-state index in [-0.39, 0.29) is 35.2 Å². The molecule has 0 aromatic heterocycles. The summed E-state index contributed by atoms with van der Waals surface area (Å²) in [6.07, 6.45) is -1.19. The number of aliphatic carboxylic acids is 1. The quantitative estimate of drug-likeness (QED) is 0.873. The zero-order valence-corrected chi connectivity index (χ0v) is 12.3. The molecule has 1 aromatic rings. The first-order chi connectivity index (χ1) is 9.86. The Morgan fingerprint density at radius 1 is 1.52 bits per heavy atom. The molecule has 0 spiro atoms. The number of nitriles is 1. The van der Waals surface area contributed by atoms with Gasteiger partial charge in [0.05, 0.1) is 28.6 Å². The molecule has 112 valence electrons. The van der Waals surface area contributed by atoms with Crippen LogP contribution in [0.5, 0.6) is 0 Å². The average Bonchev–Trinajstić information content (AvgIpc) is 2.47. The van der Waals surface area contributed by atoms with Gasteiger partial charge in [-0.1, -0.05) is 11.6 Å². The van der Waals surface area contributed by atoms with Crippen LogP contribution < -0.4 is 0 Å². The van der Waals surface area contributed by atoms with Gasteiger partial charge in [0, 0.05) is 6.54 Å². The highest BCUT2D eigenvalue weighted by molar-refractivity contribution is 7.89. The summed E-state index contributed by atoms with van der Waals surface area (Å²) in [4.78, 5) is 10.8. The minimum absolute atomic E-state index is 0.000206. The molecule has 1 aromatic carbocycles. The Morgan fingerprint density at radius 2 is 2.24 bits per heavy atom.